The van der Waals surface area contributed by atoms with Gasteiger partial charge in [0, 0.05) is 16.9 Å². The van der Waals surface area contributed by atoms with Crippen LogP contribution in [0.1, 0.15) is 25.1 Å². The Labute approximate surface area is 143 Å². The summed E-state index contributed by atoms with van der Waals surface area (Å²) in [6.45, 7) is 0.310. The van der Waals surface area contributed by atoms with Gasteiger partial charge in [-0.2, -0.15) is 0 Å². The second-order valence-corrected chi connectivity index (χ2v) is 7.68. The Kier molecular flexibility index (Phi) is 2.81. The highest BCUT2D eigenvalue weighted by Gasteiger charge is 2.66. The van der Waals surface area contributed by atoms with Crippen LogP contribution in [0.4, 0.5) is 0 Å². The molecule has 1 aromatic carbocycles. The quantitative estimate of drug-likeness (QED) is 0.792. The van der Waals surface area contributed by atoms with Crippen molar-refractivity contribution in [3.63, 3.8) is 0 Å². The third-order valence-electron chi connectivity index (χ3n) is 5.90. The number of hydrogen-bond donors (Lipinski definition) is 3. The van der Waals surface area contributed by atoms with Gasteiger partial charge in [-0.3, -0.25) is 9.59 Å². The van der Waals surface area contributed by atoms with Crippen molar-refractivity contribution in [1.82, 2.24) is 20.6 Å². The minimum Gasteiger partial charge on any atom is -0.347 e. The molecule has 0 spiro atoms. The minimum atomic E-state index is -0.694. The molecule has 2 heterocycles. The van der Waals surface area contributed by atoms with E-state index >= 15 is 0 Å². The average Bonchev–Trinajstić information content (AvgIpc) is 3.25. The fraction of sp³-hybridized carbons (Fsp3) is 0.471. The van der Waals surface area contributed by atoms with Gasteiger partial charge >= 0.3 is 0 Å². The molecule has 2 aromatic rings. The standard InChI is InChI=1S/C17H17ClN4O2/c18-9-1-2-12-13(5-9)21-14(20-12)7-19-16(24)17-6-8-3-10(11(17)4-8)15(23)22-17/h1-2,5,8,10-11H,3-4,6-7H2,(H,19,24)(H,20,21)(H,22,23). The van der Waals surface area contributed by atoms with Crippen molar-refractivity contribution in [1.29, 1.82) is 0 Å². The third kappa shape index (κ3) is 1.86. The molecule has 2 amide bonds. The molecule has 7 heteroatoms. The fourth-order valence-corrected chi connectivity index (χ4v) is 5.14. The Morgan fingerprint density at radius 3 is 3.12 bits per heavy atom. The van der Waals surface area contributed by atoms with Gasteiger partial charge in [-0.1, -0.05) is 11.6 Å². The number of aromatic amines is 1. The van der Waals surface area contributed by atoms with Gasteiger partial charge in [-0.15, -0.1) is 0 Å². The molecule has 1 aliphatic heterocycles. The summed E-state index contributed by atoms with van der Waals surface area (Å²) in [4.78, 5) is 32.5. The van der Waals surface area contributed by atoms with E-state index in [0.717, 1.165) is 30.3 Å². The van der Waals surface area contributed by atoms with Crippen LogP contribution < -0.4 is 10.6 Å². The molecule has 2 saturated carbocycles. The number of rotatable bonds is 3. The van der Waals surface area contributed by atoms with E-state index in [1.807, 2.05) is 12.1 Å². The highest BCUT2D eigenvalue weighted by Crippen LogP contribution is 2.57. The van der Waals surface area contributed by atoms with Crippen molar-refractivity contribution in [3.8, 4) is 0 Å². The maximum Gasteiger partial charge on any atom is 0.246 e. The first kappa shape index (κ1) is 14.3. The Bertz CT molecular complexity index is 879. The van der Waals surface area contributed by atoms with E-state index in [1.54, 1.807) is 6.07 Å². The van der Waals surface area contributed by atoms with Crippen LogP contribution in [0.5, 0.6) is 0 Å². The van der Waals surface area contributed by atoms with Gasteiger partial charge in [0.25, 0.3) is 0 Å². The minimum absolute atomic E-state index is 0.0304. The lowest BCUT2D eigenvalue weighted by Crippen LogP contribution is -2.56. The Balaban J connectivity index is 1.35. The Morgan fingerprint density at radius 2 is 2.29 bits per heavy atom. The highest BCUT2D eigenvalue weighted by molar-refractivity contribution is 6.31. The van der Waals surface area contributed by atoms with Crippen molar-refractivity contribution in [2.24, 2.45) is 17.8 Å². The Hall–Kier alpha value is -2.08. The van der Waals surface area contributed by atoms with E-state index in [9.17, 15) is 9.59 Å². The summed E-state index contributed by atoms with van der Waals surface area (Å²) in [5.41, 5.74) is 0.968. The average molecular weight is 345 g/mol. The highest BCUT2D eigenvalue weighted by atomic mass is 35.5. The lowest BCUT2D eigenvalue weighted by molar-refractivity contribution is -0.130. The number of carbonyl (C=O) groups is 2. The SMILES string of the molecule is O=C1NC2(C(=O)NCc3nc4ccc(Cl)cc4[nH]3)CC3CC1C2C3. The summed E-state index contributed by atoms with van der Waals surface area (Å²) in [5.74, 6) is 1.34. The predicted octanol–water partition coefficient (Wildman–Crippen LogP) is 1.75. The number of benzene rings is 1. The molecule has 4 atom stereocenters. The molecule has 1 saturated heterocycles. The zero-order valence-electron chi connectivity index (χ0n) is 12.9. The summed E-state index contributed by atoms with van der Waals surface area (Å²) in [6, 6.07) is 5.44. The smallest absolute Gasteiger partial charge is 0.246 e. The van der Waals surface area contributed by atoms with E-state index in [1.165, 1.54) is 0 Å². The normalized spacial score (nSPS) is 33.2. The second kappa shape index (κ2) is 4.72. The number of hydrogen-bond acceptors (Lipinski definition) is 3. The molecule has 5 rings (SSSR count). The maximum absolute atomic E-state index is 12.8. The van der Waals surface area contributed by atoms with Crippen LogP contribution in [0.2, 0.25) is 5.02 Å². The largest absolute Gasteiger partial charge is 0.347 e. The second-order valence-electron chi connectivity index (χ2n) is 7.24. The number of nitrogens with zero attached hydrogens (tertiary/aromatic N) is 1. The number of nitrogens with one attached hydrogen (secondary N) is 3. The number of amides is 2. The zero-order chi connectivity index (χ0) is 16.5. The fourth-order valence-electron chi connectivity index (χ4n) is 4.97. The summed E-state index contributed by atoms with van der Waals surface area (Å²) >= 11 is 5.98. The van der Waals surface area contributed by atoms with Crippen LogP contribution in [0, 0.1) is 17.8 Å². The van der Waals surface area contributed by atoms with Crippen molar-refractivity contribution >= 4 is 34.4 Å². The molecule has 3 N–H and O–H groups in total. The van der Waals surface area contributed by atoms with Crippen molar-refractivity contribution in [3.05, 3.63) is 29.0 Å². The first-order valence-electron chi connectivity index (χ1n) is 8.30. The summed E-state index contributed by atoms with van der Waals surface area (Å²) in [7, 11) is 0. The number of halogens is 1. The lowest BCUT2D eigenvalue weighted by Gasteiger charge is -2.30. The first-order valence-corrected chi connectivity index (χ1v) is 8.67. The molecule has 3 aliphatic rings. The van der Waals surface area contributed by atoms with Gasteiger partial charge in [0.15, 0.2) is 0 Å². The number of fused-ring (bicyclic) bond motifs is 2. The lowest BCUT2D eigenvalue weighted by atomic mass is 9.78. The van der Waals surface area contributed by atoms with Crippen LogP contribution >= 0.6 is 11.6 Å². The molecular formula is C17H17ClN4O2. The summed E-state index contributed by atoms with van der Waals surface area (Å²) in [6.07, 6.45) is 2.69. The number of imidazole rings is 1. The topological polar surface area (TPSA) is 86.9 Å². The molecule has 24 heavy (non-hydrogen) atoms. The molecule has 2 aliphatic carbocycles. The van der Waals surface area contributed by atoms with E-state index in [2.05, 4.69) is 20.6 Å². The monoisotopic (exact) mass is 344 g/mol. The van der Waals surface area contributed by atoms with Crippen molar-refractivity contribution in [2.45, 2.75) is 31.3 Å². The van der Waals surface area contributed by atoms with E-state index in [4.69, 9.17) is 11.6 Å². The van der Waals surface area contributed by atoms with Crippen molar-refractivity contribution in [2.75, 3.05) is 0 Å². The molecule has 4 unspecified atom stereocenters. The number of carbonyl (C=O) groups excluding carboxylic acids is 2. The van der Waals surface area contributed by atoms with Gasteiger partial charge in [0.05, 0.1) is 17.6 Å². The third-order valence-corrected chi connectivity index (χ3v) is 6.14. The van der Waals surface area contributed by atoms with Gasteiger partial charge in [0.1, 0.15) is 11.4 Å². The van der Waals surface area contributed by atoms with Crippen LogP contribution in [-0.4, -0.2) is 27.3 Å². The maximum atomic E-state index is 12.8. The molecule has 2 bridgehead atoms. The molecule has 124 valence electrons. The van der Waals surface area contributed by atoms with Gasteiger partial charge in [-0.25, -0.2) is 4.98 Å². The summed E-state index contributed by atoms with van der Waals surface area (Å²) in [5, 5.41) is 6.59. The van der Waals surface area contributed by atoms with Gasteiger partial charge < -0.3 is 15.6 Å². The zero-order valence-corrected chi connectivity index (χ0v) is 13.7. The van der Waals surface area contributed by atoms with Crippen LogP contribution in [0.3, 0.4) is 0 Å². The molecule has 0 radical (unpaired) electrons. The Morgan fingerprint density at radius 1 is 1.42 bits per heavy atom. The van der Waals surface area contributed by atoms with E-state index in [0.29, 0.717) is 23.3 Å². The van der Waals surface area contributed by atoms with Gasteiger partial charge in [0.2, 0.25) is 11.8 Å². The van der Waals surface area contributed by atoms with Gasteiger partial charge in [-0.05, 0) is 43.4 Å². The molecular weight excluding hydrogens is 328 g/mol. The molecule has 6 nitrogen and oxygen atoms in total. The molecule has 3 fully saturated rings. The number of aromatic nitrogens is 2. The number of H-pyrrole nitrogens is 1. The van der Waals surface area contributed by atoms with Crippen molar-refractivity contribution < 1.29 is 9.59 Å². The predicted molar refractivity (Wildman–Crippen MR) is 88.1 cm³/mol. The molecule has 1 aromatic heterocycles. The van der Waals surface area contributed by atoms with Crippen LogP contribution in [0.15, 0.2) is 18.2 Å². The van der Waals surface area contributed by atoms with Crippen LogP contribution in [-0.2, 0) is 16.1 Å². The first-order chi connectivity index (χ1) is 11.5. The van der Waals surface area contributed by atoms with E-state index < -0.39 is 5.54 Å². The summed E-state index contributed by atoms with van der Waals surface area (Å²) < 4.78 is 0. The van der Waals surface area contributed by atoms with E-state index in [-0.39, 0.29) is 23.7 Å². The van der Waals surface area contributed by atoms with Crippen LogP contribution in [0.25, 0.3) is 11.0 Å².